The Morgan fingerprint density at radius 3 is 2.22 bits per heavy atom. The van der Waals surface area contributed by atoms with Gasteiger partial charge in [-0.1, -0.05) is 62.6 Å². The smallest absolute Gasteiger partial charge is 0.371 e. The summed E-state index contributed by atoms with van der Waals surface area (Å²) < 4.78 is 20.3. The van der Waals surface area contributed by atoms with Gasteiger partial charge >= 0.3 is 13.8 Å². The van der Waals surface area contributed by atoms with Gasteiger partial charge in [0, 0.05) is 13.0 Å². The molecular weight excluding hydrogens is 365 g/mol. The zero-order valence-electron chi connectivity index (χ0n) is 16.6. The third-order valence-corrected chi connectivity index (χ3v) is 4.56. The molecule has 0 spiro atoms. The van der Waals surface area contributed by atoms with E-state index in [2.05, 4.69) is 52.4 Å². The molecule has 0 saturated carbocycles. The Morgan fingerprint density at radius 2 is 1.56 bits per heavy atom. The Kier molecular flexibility index (Phi) is 17.4. The Morgan fingerprint density at radius 1 is 0.963 bits per heavy atom. The summed E-state index contributed by atoms with van der Waals surface area (Å²) in [6, 6.07) is 0. The molecule has 7 heteroatoms. The highest BCUT2D eigenvalue weighted by Crippen LogP contribution is 2.43. The van der Waals surface area contributed by atoms with Crippen LogP contribution in [0.3, 0.4) is 0 Å². The van der Waals surface area contributed by atoms with Gasteiger partial charge in [-0.05, 0) is 38.5 Å². The summed E-state index contributed by atoms with van der Waals surface area (Å²) in [6.45, 7) is 2.10. The number of hydrogen-bond acceptors (Lipinski definition) is 5. The maximum Gasteiger partial charge on any atom is 0.529 e. The third-order valence-electron chi connectivity index (χ3n) is 3.62. The van der Waals surface area contributed by atoms with E-state index in [1.54, 1.807) is 0 Å². The highest BCUT2D eigenvalue weighted by atomic mass is 31.2. The van der Waals surface area contributed by atoms with E-state index in [4.69, 9.17) is 5.73 Å². The highest BCUT2D eigenvalue weighted by molar-refractivity contribution is 7.48. The van der Waals surface area contributed by atoms with Gasteiger partial charge in [0.05, 0.1) is 6.61 Å². The van der Waals surface area contributed by atoms with Gasteiger partial charge in [0.15, 0.2) is 0 Å². The first kappa shape index (κ1) is 25.8. The summed E-state index contributed by atoms with van der Waals surface area (Å²) in [7, 11) is -4.30. The second-order valence-electron chi connectivity index (χ2n) is 6.15. The van der Waals surface area contributed by atoms with Crippen LogP contribution in [-0.2, 0) is 18.4 Å². The molecule has 0 rings (SSSR count). The van der Waals surface area contributed by atoms with Crippen LogP contribution in [-0.4, -0.2) is 24.0 Å². The second-order valence-corrected chi connectivity index (χ2v) is 7.53. The van der Waals surface area contributed by atoms with Crippen LogP contribution in [0.4, 0.5) is 0 Å². The number of allylic oxidation sites excluding steroid dienone is 6. The molecule has 0 heterocycles. The van der Waals surface area contributed by atoms with Crippen LogP contribution in [0.25, 0.3) is 0 Å². The van der Waals surface area contributed by atoms with Crippen molar-refractivity contribution in [2.75, 3.05) is 13.2 Å². The number of hydrogen-bond donors (Lipinski definition) is 2. The lowest BCUT2D eigenvalue weighted by Crippen LogP contribution is -2.10. The lowest BCUT2D eigenvalue weighted by atomic mass is 10.1. The number of phosphoric ester groups is 1. The molecule has 0 aliphatic heterocycles. The van der Waals surface area contributed by atoms with Gasteiger partial charge in [0.2, 0.25) is 0 Å². The predicted octanol–water partition coefficient (Wildman–Crippen LogP) is 5.19. The average Bonchev–Trinajstić information content (AvgIpc) is 2.63. The highest BCUT2D eigenvalue weighted by Gasteiger charge is 2.25. The van der Waals surface area contributed by atoms with E-state index in [0.29, 0.717) is 6.42 Å². The Balaban J connectivity index is 3.51. The summed E-state index contributed by atoms with van der Waals surface area (Å²) in [5.74, 6) is -0.709. The van der Waals surface area contributed by atoms with Crippen LogP contribution < -0.4 is 5.73 Å². The van der Waals surface area contributed by atoms with Crippen molar-refractivity contribution in [3.63, 3.8) is 0 Å². The third kappa shape index (κ3) is 19.4. The Hall–Kier alpha value is -1.20. The molecule has 0 aliphatic rings. The fourth-order valence-electron chi connectivity index (χ4n) is 2.26. The first-order chi connectivity index (χ1) is 13.0. The largest absolute Gasteiger partial charge is 0.529 e. The monoisotopic (exact) mass is 401 g/mol. The second kappa shape index (κ2) is 18.2. The lowest BCUT2D eigenvalue weighted by Gasteiger charge is -2.10. The van der Waals surface area contributed by atoms with E-state index in [0.717, 1.165) is 51.4 Å². The van der Waals surface area contributed by atoms with E-state index >= 15 is 0 Å². The lowest BCUT2D eigenvalue weighted by molar-refractivity contribution is -0.136. The molecule has 0 saturated heterocycles. The fraction of sp³-hybridized carbons (Fsp3) is 0.650. The van der Waals surface area contributed by atoms with E-state index < -0.39 is 13.8 Å². The molecule has 1 atom stereocenters. The number of rotatable bonds is 17. The van der Waals surface area contributed by atoms with Crippen molar-refractivity contribution in [3.05, 3.63) is 36.5 Å². The van der Waals surface area contributed by atoms with Crippen LogP contribution in [0.15, 0.2) is 36.5 Å². The van der Waals surface area contributed by atoms with Gasteiger partial charge in [0.25, 0.3) is 0 Å². The quantitative estimate of drug-likeness (QED) is 0.198. The molecule has 0 amide bonds. The van der Waals surface area contributed by atoms with E-state index in [-0.39, 0.29) is 19.6 Å². The maximum absolute atomic E-state index is 11.5. The van der Waals surface area contributed by atoms with Crippen LogP contribution in [0.1, 0.15) is 71.1 Å². The van der Waals surface area contributed by atoms with Crippen LogP contribution in [0.2, 0.25) is 0 Å². The zero-order chi connectivity index (χ0) is 20.2. The van der Waals surface area contributed by atoms with Crippen LogP contribution in [0, 0.1) is 0 Å². The standard InChI is InChI=1S/C20H36NO5P/c1-2-3-4-5-6-7-8-9-10-11-12-13-14-15-16-17-20(22)26-27(23,24)25-19-18-21/h3-4,6-7,9-10H,2,5,8,11-19,21H2,1H3,(H,23,24)/b4-3-,7-6-,10-9-. The molecule has 6 nitrogen and oxygen atoms in total. The predicted molar refractivity (Wildman–Crippen MR) is 110 cm³/mol. The number of carbonyl (C=O) groups is 1. The van der Waals surface area contributed by atoms with Crippen molar-refractivity contribution < 1.29 is 23.3 Å². The van der Waals surface area contributed by atoms with Gasteiger partial charge in [-0.15, -0.1) is 0 Å². The van der Waals surface area contributed by atoms with E-state index in [1.165, 1.54) is 0 Å². The Labute approximate surface area is 164 Å². The molecule has 0 radical (unpaired) electrons. The normalized spacial score (nSPS) is 14.3. The van der Waals surface area contributed by atoms with Gasteiger partial charge in [-0.25, -0.2) is 4.57 Å². The molecule has 156 valence electrons. The first-order valence-electron chi connectivity index (χ1n) is 9.86. The minimum atomic E-state index is -4.30. The molecule has 1 unspecified atom stereocenters. The number of carbonyl (C=O) groups excluding carboxylic acids is 1. The summed E-state index contributed by atoms with van der Waals surface area (Å²) in [4.78, 5) is 20.7. The summed E-state index contributed by atoms with van der Waals surface area (Å²) in [5, 5.41) is 0. The van der Waals surface area contributed by atoms with Crippen molar-refractivity contribution in [1.29, 1.82) is 0 Å². The molecule has 27 heavy (non-hydrogen) atoms. The maximum atomic E-state index is 11.5. The minimum absolute atomic E-state index is 0.0879. The SMILES string of the molecule is CC/C=C\C/C=C\C/C=C\CCCCCCCC(=O)OP(=O)(O)OCCN. The summed E-state index contributed by atoms with van der Waals surface area (Å²) >= 11 is 0. The van der Waals surface area contributed by atoms with Crippen LogP contribution in [0.5, 0.6) is 0 Å². The van der Waals surface area contributed by atoms with Crippen molar-refractivity contribution in [2.24, 2.45) is 5.73 Å². The molecule has 0 fully saturated rings. The van der Waals surface area contributed by atoms with Gasteiger partial charge in [0.1, 0.15) is 0 Å². The van der Waals surface area contributed by atoms with E-state index in [1.807, 2.05) is 0 Å². The molecule has 0 aromatic carbocycles. The topological polar surface area (TPSA) is 98.9 Å². The number of nitrogens with two attached hydrogens (primary N) is 1. The molecule has 0 aliphatic carbocycles. The Bertz CT molecular complexity index is 503. The minimum Gasteiger partial charge on any atom is -0.371 e. The molecule has 0 bridgehead atoms. The first-order valence-corrected chi connectivity index (χ1v) is 11.4. The van der Waals surface area contributed by atoms with E-state index in [9.17, 15) is 14.3 Å². The fourth-order valence-corrected chi connectivity index (χ4v) is 2.99. The van der Waals surface area contributed by atoms with Crippen molar-refractivity contribution in [1.82, 2.24) is 0 Å². The number of phosphoric acid groups is 1. The van der Waals surface area contributed by atoms with Crippen molar-refractivity contribution in [2.45, 2.75) is 71.1 Å². The molecular formula is C20H36NO5P. The van der Waals surface area contributed by atoms with Gasteiger partial charge in [-0.2, -0.15) is 0 Å². The average molecular weight is 401 g/mol. The summed E-state index contributed by atoms with van der Waals surface area (Å²) in [5.41, 5.74) is 5.16. The molecule has 0 aromatic heterocycles. The van der Waals surface area contributed by atoms with Crippen LogP contribution >= 0.6 is 7.82 Å². The van der Waals surface area contributed by atoms with Gasteiger partial charge < -0.3 is 10.3 Å². The van der Waals surface area contributed by atoms with Crippen molar-refractivity contribution in [3.8, 4) is 0 Å². The molecule has 0 aromatic rings. The van der Waals surface area contributed by atoms with Crippen molar-refractivity contribution >= 4 is 13.8 Å². The number of unbranched alkanes of at least 4 members (excludes halogenated alkanes) is 5. The summed E-state index contributed by atoms with van der Waals surface area (Å²) in [6.07, 6.45) is 22.2. The molecule has 3 N–H and O–H groups in total. The van der Waals surface area contributed by atoms with Gasteiger partial charge in [-0.3, -0.25) is 14.2 Å². The zero-order valence-corrected chi connectivity index (χ0v) is 17.4.